The molecular weight excluding hydrogens is 208 g/mol. The molecule has 1 aliphatic rings. The van der Waals surface area contributed by atoms with Crippen LogP contribution in [0, 0.1) is 0 Å². The molecule has 0 unspecified atom stereocenters. The zero-order valence-electron chi connectivity index (χ0n) is 11.4. The van der Waals surface area contributed by atoms with Crippen molar-refractivity contribution in [1.82, 2.24) is 10.6 Å². The number of hydrogen-bond acceptors (Lipinski definition) is 2. The van der Waals surface area contributed by atoms with Gasteiger partial charge in [0.05, 0.1) is 6.17 Å². The van der Waals surface area contributed by atoms with E-state index in [1.165, 1.54) is 5.56 Å². The monoisotopic (exact) mass is 232 g/mol. The van der Waals surface area contributed by atoms with E-state index in [4.69, 9.17) is 0 Å². The Morgan fingerprint density at radius 2 is 1.41 bits per heavy atom. The first kappa shape index (κ1) is 12.6. The van der Waals surface area contributed by atoms with Gasteiger partial charge in [-0.15, -0.1) is 0 Å². The van der Waals surface area contributed by atoms with Crippen molar-refractivity contribution in [3.05, 3.63) is 35.9 Å². The van der Waals surface area contributed by atoms with Gasteiger partial charge in [0.15, 0.2) is 0 Å². The third-order valence-electron chi connectivity index (χ3n) is 4.69. The molecule has 0 saturated carbocycles. The zero-order chi connectivity index (χ0) is 12.5. The second-order valence-electron chi connectivity index (χ2n) is 5.50. The summed E-state index contributed by atoms with van der Waals surface area (Å²) in [5.41, 5.74) is 1.63. The molecule has 0 bridgehead atoms. The molecule has 0 aromatic heterocycles. The highest BCUT2D eigenvalue weighted by molar-refractivity contribution is 5.24. The molecule has 17 heavy (non-hydrogen) atoms. The molecule has 0 aliphatic carbocycles. The Bertz CT molecular complexity index is 358. The molecule has 94 valence electrons. The lowest BCUT2D eigenvalue weighted by Gasteiger charge is -2.39. The minimum Gasteiger partial charge on any atom is -0.291 e. The van der Waals surface area contributed by atoms with Gasteiger partial charge in [0.25, 0.3) is 0 Å². The lowest BCUT2D eigenvalue weighted by atomic mass is 9.77. The van der Waals surface area contributed by atoms with E-state index in [1.807, 2.05) is 0 Å². The summed E-state index contributed by atoms with van der Waals surface area (Å²) < 4.78 is 0. The highest BCUT2D eigenvalue weighted by Crippen LogP contribution is 2.37. The third-order valence-corrected chi connectivity index (χ3v) is 4.69. The Hall–Kier alpha value is -0.860. The minimum atomic E-state index is 0.155. The first-order chi connectivity index (χ1) is 8.04. The fraction of sp³-hybridized carbons (Fsp3) is 0.600. The molecule has 0 spiro atoms. The van der Waals surface area contributed by atoms with Crippen LogP contribution in [0.15, 0.2) is 30.3 Å². The van der Waals surface area contributed by atoms with Crippen LogP contribution in [0.4, 0.5) is 0 Å². The molecule has 2 N–H and O–H groups in total. The molecule has 0 radical (unpaired) electrons. The quantitative estimate of drug-likeness (QED) is 0.836. The van der Waals surface area contributed by atoms with E-state index in [0.29, 0.717) is 0 Å². The molecule has 1 aromatic carbocycles. The smallest absolute Gasteiger partial charge is 0.0845 e. The zero-order valence-corrected chi connectivity index (χ0v) is 11.4. The molecule has 1 heterocycles. The lowest BCUT2D eigenvalue weighted by molar-refractivity contribution is 0.232. The SMILES string of the molecule is CC[C@@]1(C)NC(c2ccccc2)N[C@]1(C)CC. The molecule has 1 aliphatic heterocycles. The molecule has 1 saturated heterocycles. The molecule has 2 nitrogen and oxygen atoms in total. The van der Waals surface area contributed by atoms with Crippen LogP contribution in [0.3, 0.4) is 0 Å². The highest BCUT2D eigenvalue weighted by Gasteiger charge is 2.49. The van der Waals surface area contributed by atoms with Crippen LogP contribution in [0.2, 0.25) is 0 Å². The van der Waals surface area contributed by atoms with Gasteiger partial charge in [-0.1, -0.05) is 44.2 Å². The van der Waals surface area contributed by atoms with E-state index in [9.17, 15) is 0 Å². The van der Waals surface area contributed by atoms with Crippen molar-refractivity contribution in [1.29, 1.82) is 0 Å². The van der Waals surface area contributed by atoms with Gasteiger partial charge in [0.2, 0.25) is 0 Å². The van der Waals surface area contributed by atoms with Crippen molar-refractivity contribution in [2.45, 2.75) is 57.8 Å². The van der Waals surface area contributed by atoms with Crippen LogP contribution in [0.1, 0.15) is 52.3 Å². The molecular formula is C15H24N2. The Morgan fingerprint density at radius 3 is 1.82 bits per heavy atom. The fourth-order valence-electron chi connectivity index (χ4n) is 2.79. The standard InChI is InChI=1S/C15H24N2/c1-5-14(3)15(4,6-2)17-13(16-14)12-10-8-7-9-11-12/h7-11,13,16-17H,5-6H2,1-4H3/t14-,15-/m1/s1. The maximum absolute atomic E-state index is 3.76. The van der Waals surface area contributed by atoms with Gasteiger partial charge in [0.1, 0.15) is 0 Å². The summed E-state index contributed by atoms with van der Waals surface area (Å²) in [5, 5.41) is 7.53. The minimum absolute atomic E-state index is 0.155. The van der Waals surface area contributed by atoms with Crippen LogP contribution in [0.25, 0.3) is 0 Å². The van der Waals surface area contributed by atoms with Crippen molar-refractivity contribution in [2.24, 2.45) is 0 Å². The van der Waals surface area contributed by atoms with Gasteiger partial charge in [-0.25, -0.2) is 0 Å². The average Bonchev–Trinajstić information content (AvgIpc) is 2.65. The predicted octanol–water partition coefficient (Wildman–Crippen LogP) is 3.22. The topological polar surface area (TPSA) is 24.1 Å². The maximum Gasteiger partial charge on any atom is 0.0845 e. The Balaban J connectivity index is 2.27. The van der Waals surface area contributed by atoms with Crippen molar-refractivity contribution < 1.29 is 0 Å². The van der Waals surface area contributed by atoms with Crippen LogP contribution < -0.4 is 10.6 Å². The summed E-state index contributed by atoms with van der Waals surface area (Å²) in [6, 6.07) is 10.6. The average molecular weight is 232 g/mol. The molecule has 2 atom stereocenters. The first-order valence-electron chi connectivity index (χ1n) is 6.65. The molecule has 2 rings (SSSR count). The summed E-state index contributed by atoms with van der Waals surface area (Å²) in [6.45, 7) is 9.17. The van der Waals surface area contributed by atoms with Gasteiger partial charge in [0, 0.05) is 11.1 Å². The van der Waals surface area contributed by atoms with E-state index >= 15 is 0 Å². The fourth-order valence-corrected chi connectivity index (χ4v) is 2.79. The Kier molecular flexibility index (Phi) is 3.28. The second-order valence-corrected chi connectivity index (χ2v) is 5.50. The van der Waals surface area contributed by atoms with Gasteiger partial charge in [-0.05, 0) is 32.3 Å². The largest absolute Gasteiger partial charge is 0.291 e. The van der Waals surface area contributed by atoms with E-state index in [2.05, 4.69) is 68.7 Å². The van der Waals surface area contributed by atoms with E-state index < -0.39 is 0 Å². The Morgan fingerprint density at radius 1 is 0.941 bits per heavy atom. The highest BCUT2D eigenvalue weighted by atomic mass is 15.3. The summed E-state index contributed by atoms with van der Waals surface area (Å²) in [6.07, 6.45) is 2.53. The van der Waals surface area contributed by atoms with Crippen LogP contribution >= 0.6 is 0 Å². The van der Waals surface area contributed by atoms with E-state index in [1.54, 1.807) is 0 Å². The van der Waals surface area contributed by atoms with Crippen molar-refractivity contribution in [2.75, 3.05) is 0 Å². The number of nitrogens with one attached hydrogen (secondary N) is 2. The number of benzene rings is 1. The molecule has 2 heteroatoms. The van der Waals surface area contributed by atoms with E-state index in [-0.39, 0.29) is 17.2 Å². The molecule has 0 amide bonds. The summed E-state index contributed by atoms with van der Waals surface area (Å²) in [4.78, 5) is 0. The van der Waals surface area contributed by atoms with Crippen LogP contribution in [-0.4, -0.2) is 11.1 Å². The van der Waals surface area contributed by atoms with Gasteiger partial charge >= 0.3 is 0 Å². The van der Waals surface area contributed by atoms with E-state index in [0.717, 1.165) is 12.8 Å². The third kappa shape index (κ3) is 2.00. The maximum atomic E-state index is 3.76. The normalized spacial score (nSPS) is 34.1. The van der Waals surface area contributed by atoms with Crippen LogP contribution in [0.5, 0.6) is 0 Å². The number of rotatable bonds is 3. The van der Waals surface area contributed by atoms with Crippen LogP contribution in [-0.2, 0) is 0 Å². The second kappa shape index (κ2) is 4.43. The van der Waals surface area contributed by atoms with Gasteiger partial charge < -0.3 is 0 Å². The van der Waals surface area contributed by atoms with Crippen molar-refractivity contribution in [3.63, 3.8) is 0 Å². The van der Waals surface area contributed by atoms with Crippen molar-refractivity contribution in [3.8, 4) is 0 Å². The number of hydrogen-bond donors (Lipinski definition) is 2. The van der Waals surface area contributed by atoms with Crippen molar-refractivity contribution >= 4 is 0 Å². The summed E-state index contributed by atoms with van der Waals surface area (Å²) in [5.74, 6) is 0. The predicted molar refractivity (Wildman–Crippen MR) is 72.8 cm³/mol. The van der Waals surface area contributed by atoms with Gasteiger partial charge in [-0.2, -0.15) is 0 Å². The lowest BCUT2D eigenvalue weighted by Crippen LogP contribution is -2.55. The summed E-state index contributed by atoms with van der Waals surface area (Å²) >= 11 is 0. The summed E-state index contributed by atoms with van der Waals surface area (Å²) in [7, 11) is 0. The Labute approximate surface area is 105 Å². The molecule has 1 fully saturated rings. The first-order valence-corrected chi connectivity index (χ1v) is 6.65. The molecule has 1 aromatic rings. The van der Waals surface area contributed by atoms with Gasteiger partial charge in [-0.3, -0.25) is 10.6 Å².